The zero-order valence-corrected chi connectivity index (χ0v) is 13.8. The van der Waals surface area contributed by atoms with E-state index in [2.05, 4.69) is 55.1 Å². The van der Waals surface area contributed by atoms with Gasteiger partial charge in [0.05, 0.1) is 0 Å². The van der Waals surface area contributed by atoms with Crippen molar-refractivity contribution in [3.05, 3.63) is 78.0 Å². The Morgan fingerprint density at radius 1 is 0.913 bits per heavy atom. The highest BCUT2D eigenvalue weighted by Gasteiger charge is 2.30. The van der Waals surface area contributed by atoms with Gasteiger partial charge in [-0.25, -0.2) is 0 Å². The number of nitrogens with zero attached hydrogens (tertiary/aromatic N) is 1. The first kappa shape index (κ1) is 15.5. The van der Waals surface area contributed by atoms with Crippen molar-refractivity contribution in [2.24, 2.45) is 5.41 Å². The molecule has 2 aromatic rings. The molecule has 0 fully saturated rings. The maximum absolute atomic E-state index is 12.2. The van der Waals surface area contributed by atoms with Gasteiger partial charge in [0.15, 0.2) is 5.78 Å². The first-order valence-corrected chi connectivity index (χ1v) is 8.13. The minimum absolute atomic E-state index is 0.0187. The summed E-state index contributed by atoms with van der Waals surface area (Å²) in [5.41, 5.74) is 3.51. The number of rotatable bonds is 4. The number of hydrogen-bond donors (Lipinski definition) is 0. The van der Waals surface area contributed by atoms with E-state index in [1.165, 1.54) is 5.56 Å². The molecule has 3 rings (SSSR count). The van der Waals surface area contributed by atoms with Gasteiger partial charge in [-0.2, -0.15) is 0 Å². The Hall–Kier alpha value is -2.35. The zero-order valence-electron chi connectivity index (χ0n) is 13.8. The molecular weight excluding hydrogens is 282 g/mol. The van der Waals surface area contributed by atoms with E-state index in [4.69, 9.17) is 0 Å². The van der Waals surface area contributed by atoms with Crippen molar-refractivity contribution in [2.45, 2.75) is 33.2 Å². The van der Waals surface area contributed by atoms with Crippen molar-refractivity contribution in [1.29, 1.82) is 0 Å². The molecule has 0 aromatic heterocycles. The van der Waals surface area contributed by atoms with Crippen molar-refractivity contribution in [1.82, 2.24) is 0 Å². The van der Waals surface area contributed by atoms with Gasteiger partial charge in [0.1, 0.15) is 0 Å². The Bertz CT molecular complexity index is 701. The molecule has 23 heavy (non-hydrogen) atoms. The minimum atomic E-state index is 0.0187. The highest BCUT2D eigenvalue weighted by molar-refractivity contribution is 5.92. The molecule has 0 atom stereocenters. The number of carbonyl (C=O) groups excluding carboxylic acids is 1. The summed E-state index contributed by atoms with van der Waals surface area (Å²) >= 11 is 0. The topological polar surface area (TPSA) is 20.3 Å². The summed E-state index contributed by atoms with van der Waals surface area (Å²) in [5.74, 6) is 0.227. The Balaban J connectivity index is 1.97. The molecular formula is C21H23NO. The van der Waals surface area contributed by atoms with Crippen molar-refractivity contribution < 1.29 is 4.79 Å². The average Bonchev–Trinajstić information content (AvgIpc) is 2.52. The summed E-state index contributed by atoms with van der Waals surface area (Å²) in [6.45, 7) is 5.12. The fourth-order valence-electron chi connectivity index (χ4n) is 3.22. The number of para-hydroxylation sites is 1. The van der Waals surface area contributed by atoms with Crippen LogP contribution in [0.4, 0.5) is 5.69 Å². The second-order valence-electron chi connectivity index (χ2n) is 7.03. The Labute approximate surface area is 138 Å². The SMILES string of the molecule is CC1(C)CC(=O)C=C(N(Cc2ccccc2)c2ccccc2)C1. The molecule has 118 valence electrons. The van der Waals surface area contributed by atoms with Gasteiger partial charge in [-0.1, -0.05) is 62.4 Å². The lowest BCUT2D eigenvalue weighted by atomic mass is 9.78. The third kappa shape index (κ3) is 3.89. The summed E-state index contributed by atoms with van der Waals surface area (Å²) in [5, 5.41) is 0. The number of allylic oxidation sites excluding steroid dienone is 2. The van der Waals surface area contributed by atoms with Crippen LogP contribution in [0.1, 0.15) is 32.3 Å². The largest absolute Gasteiger partial charge is 0.341 e. The Kier molecular flexibility index (Phi) is 4.33. The van der Waals surface area contributed by atoms with Crippen LogP contribution in [0, 0.1) is 5.41 Å². The van der Waals surface area contributed by atoms with Gasteiger partial charge in [-0.3, -0.25) is 4.79 Å². The fourth-order valence-corrected chi connectivity index (χ4v) is 3.22. The molecule has 0 N–H and O–H groups in total. The molecule has 0 spiro atoms. The minimum Gasteiger partial charge on any atom is -0.341 e. The molecule has 2 nitrogen and oxygen atoms in total. The van der Waals surface area contributed by atoms with E-state index >= 15 is 0 Å². The van der Waals surface area contributed by atoms with Crippen molar-refractivity contribution in [3.8, 4) is 0 Å². The van der Waals surface area contributed by atoms with Gasteiger partial charge in [0.2, 0.25) is 0 Å². The molecule has 0 unspecified atom stereocenters. The zero-order chi connectivity index (χ0) is 16.3. The van der Waals surface area contributed by atoms with Crippen LogP contribution in [0.15, 0.2) is 72.4 Å². The highest BCUT2D eigenvalue weighted by atomic mass is 16.1. The molecule has 0 saturated carbocycles. The molecule has 0 bridgehead atoms. The number of benzene rings is 2. The van der Waals surface area contributed by atoms with Crippen molar-refractivity contribution >= 4 is 11.5 Å². The molecule has 1 aliphatic carbocycles. The van der Waals surface area contributed by atoms with Gasteiger partial charge < -0.3 is 4.90 Å². The van der Waals surface area contributed by atoms with E-state index in [0.29, 0.717) is 6.42 Å². The van der Waals surface area contributed by atoms with E-state index < -0.39 is 0 Å². The standard InChI is InChI=1S/C21H23NO/c1-21(2)14-19(13-20(23)15-21)22(18-11-7-4-8-12-18)16-17-9-5-3-6-10-17/h3-13H,14-16H2,1-2H3. The van der Waals surface area contributed by atoms with Crippen molar-refractivity contribution in [2.75, 3.05) is 4.90 Å². The van der Waals surface area contributed by atoms with Gasteiger partial charge in [0.25, 0.3) is 0 Å². The van der Waals surface area contributed by atoms with E-state index in [1.807, 2.05) is 30.3 Å². The average molecular weight is 305 g/mol. The second kappa shape index (κ2) is 6.41. The third-order valence-electron chi connectivity index (χ3n) is 4.24. The number of anilines is 1. The predicted molar refractivity (Wildman–Crippen MR) is 95.2 cm³/mol. The Morgan fingerprint density at radius 2 is 1.52 bits per heavy atom. The molecule has 0 radical (unpaired) electrons. The number of carbonyl (C=O) groups is 1. The van der Waals surface area contributed by atoms with Crippen LogP contribution < -0.4 is 4.90 Å². The lowest BCUT2D eigenvalue weighted by Crippen LogP contribution is -2.31. The van der Waals surface area contributed by atoms with Crippen LogP contribution in [-0.4, -0.2) is 5.78 Å². The summed E-state index contributed by atoms with van der Waals surface area (Å²) in [4.78, 5) is 14.4. The lowest BCUT2D eigenvalue weighted by molar-refractivity contribution is -0.117. The first-order valence-electron chi connectivity index (χ1n) is 8.13. The van der Waals surface area contributed by atoms with E-state index in [9.17, 15) is 4.79 Å². The molecule has 0 heterocycles. The van der Waals surface area contributed by atoms with E-state index in [0.717, 1.165) is 24.4 Å². The highest BCUT2D eigenvalue weighted by Crippen LogP contribution is 2.37. The Morgan fingerprint density at radius 3 is 2.13 bits per heavy atom. The van der Waals surface area contributed by atoms with Gasteiger partial charge in [0, 0.05) is 30.4 Å². The molecule has 0 amide bonds. The number of hydrogen-bond acceptors (Lipinski definition) is 2. The van der Waals surface area contributed by atoms with Gasteiger partial charge >= 0.3 is 0 Å². The van der Waals surface area contributed by atoms with Crippen molar-refractivity contribution in [3.63, 3.8) is 0 Å². The molecule has 2 heteroatoms. The molecule has 0 aliphatic heterocycles. The van der Waals surface area contributed by atoms with Crippen LogP contribution in [-0.2, 0) is 11.3 Å². The molecule has 1 aliphatic rings. The summed E-state index contributed by atoms with van der Waals surface area (Å²) < 4.78 is 0. The predicted octanol–water partition coefficient (Wildman–Crippen LogP) is 4.97. The quantitative estimate of drug-likeness (QED) is 0.795. The second-order valence-corrected chi connectivity index (χ2v) is 7.03. The monoisotopic (exact) mass is 305 g/mol. The van der Waals surface area contributed by atoms with E-state index in [1.54, 1.807) is 0 Å². The molecule has 0 saturated heterocycles. The van der Waals surface area contributed by atoms with Crippen LogP contribution in [0.3, 0.4) is 0 Å². The summed E-state index contributed by atoms with van der Waals surface area (Å²) in [6, 6.07) is 20.7. The summed E-state index contributed by atoms with van der Waals surface area (Å²) in [6.07, 6.45) is 3.38. The maximum Gasteiger partial charge on any atom is 0.157 e. The maximum atomic E-state index is 12.2. The summed E-state index contributed by atoms with van der Waals surface area (Å²) in [7, 11) is 0. The molecule has 2 aromatic carbocycles. The van der Waals surface area contributed by atoms with Crippen LogP contribution >= 0.6 is 0 Å². The first-order chi connectivity index (χ1) is 11.0. The van der Waals surface area contributed by atoms with Gasteiger partial charge in [-0.05, 0) is 29.5 Å². The fraction of sp³-hybridized carbons (Fsp3) is 0.286. The van der Waals surface area contributed by atoms with Gasteiger partial charge in [-0.15, -0.1) is 0 Å². The van der Waals surface area contributed by atoms with Crippen LogP contribution in [0.2, 0.25) is 0 Å². The van der Waals surface area contributed by atoms with Crippen LogP contribution in [0.25, 0.3) is 0 Å². The van der Waals surface area contributed by atoms with E-state index in [-0.39, 0.29) is 11.2 Å². The normalized spacial score (nSPS) is 16.8. The smallest absolute Gasteiger partial charge is 0.157 e. The third-order valence-corrected chi connectivity index (χ3v) is 4.24. The lowest BCUT2D eigenvalue weighted by Gasteiger charge is -2.36. The van der Waals surface area contributed by atoms with Crippen LogP contribution in [0.5, 0.6) is 0 Å². The number of ketones is 1.